The van der Waals surface area contributed by atoms with Crippen molar-refractivity contribution in [3.8, 4) is 0 Å². The van der Waals surface area contributed by atoms with Crippen LogP contribution < -0.4 is 5.32 Å². The molecule has 0 aromatic heterocycles. The van der Waals surface area contributed by atoms with E-state index in [1.807, 2.05) is 6.07 Å². The van der Waals surface area contributed by atoms with Crippen LogP contribution in [0.15, 0.2) is 18.2 Å². The molecule has 0 amide bonds. The Labute approximate surface area is 118 Å². The van der Waals surface area contributed by atoms with E-state index in [4.69, 9.17) is 23.2 Å². The van der Waals surface area contributed by atoms with Crippen LogP contribution >= 0.6 is 23.2 Å². The molecule has 0 heterocycles. The quantitative estimate of drug-likeness (QED) is 0.863. The molecule has 1 aromatic rings. The second kappa shape index (κ2) is 6.14. The van der Waals surface area contributed by atoms with Crippen LogP contribution in [0.5, 0.6) is 0 Å². The van der Waals surface area contributed by atoms with Gasteiger partial charge in [-0.05, 0) is 31.0 Å². The first kappa shape index (κ1) is 14.0. The number of nitrogens with one attached hydrogen (secondary N) is 1. The highest BCUT2D eigenvalue weighted by Crippen LogP contribution is 2.36. The standard InChI is InChI=1S/C14H19Cl2NO/c15-11-4-5-12(16)13(8-11)17-9-14(10-18)6-2-1-3-7-14/h4-5,8,17-18H,1-3,6-7,9-10H2. The zero-order valence-corrected chi connectivity index (χ0v) is 11.9. The minimum Gasteiger partial charge on any atom is -0.396 e. The number of aliphatic hydroxyl groups excluding tert-OH is 1. The van der Waals surface area contributed by atoms with Crippen LogP contribution in [0.3, 0.4) is 0 Å². The predicted octanol–water partition coefficient (Wildman–Crippen LogP) is 4.35. The maximum atomic E-state index is 9.64. The molecule has 0 unspecified atom stereocenters. The highest BCUT2D eigenvalue weighted by atomic mass is 35.5. The summed E-state index contributed by atoms with van der Waals surface area (Å²) in [6.07, 6.45) is 5.83. The van der Waals surface area contributed by atoms with Gasteiger partial charge >= 0.3 is 0 Å². The Bertz CT molecular complexity index is 403. The van der Waals surface area contributed by atoms with Gasteiger partial charge in [-0.15, -0.1) is 0 Å². The van der Waals surface area contributed by atoms with Gasteiger partial charge < -0.3 is 10.4 Å². The van der Waals surface area contributed by atoms with Crippen molar-refractivity contribution in [2.45, 2.75) is 32.1 Å². The normalized spacial score (nSPS) is 18.6. The van der Waals surface area contributed by atoms with Crippen molar-refractivity contribution < 1.29 is 5.11 Å². The Kier molecular flexibility index (Phi) is 4.77. The maximum Gasteiger partial charge on any atom is 0.0638 e. The summed E-state index contributed by atoms with van der Waals surface area (Å²) in [5.74, 6) is 0. The Morgan fingerprint density at radius 2 is 1.89 bits per heavy atom. The lowest BCUT2D eigenvalue weighted by Crippen LogP contribution is -2.35. The summed E-state index contributed by atoms with van der Waals surface area (Å²) >= 11 is 12.1. The van der Waals surface area contributed by atoms with Gasteiger partial charge in [0.15, 0.2) is 0 Å². The summed E-state index contributed by atoms with van der Waals surface area (Å²) in [6, 6.07) is 5.40. The first-order valence-corrected chi connectivity index (χ1v) is 7.21. The van der Waals surface area contributed by atoms with Crippen LogP contribution in [0.4, 0.5) is 5.69 Å². The summed E-state index contributed by atoms with van der Waals surface area (Å²) in [4.78, 5) is 0. The number of anilines is 1. The Morgan fingerprint density at radius 1 is 1.17 bits per heavy atom. The maximum absolute atomic E-state index is 9.64. The second-order valence-electron chi connectivity index (χ2n) is 5.20. The summed E-state index contributed by atoms with van der Waals surface area (Å²) < 4.78 is 0. The van der Waals surface area contributed by atoms with Crippen molar-refractivity contribution >= 4 is 28.9 Å². The lowest BCUT2D eigenvalue weighted by Gasteiger charge is -2.36. The van der Waals surface area contributed by atoms with Gasteiger partial charge in [0.05, 0.1) is 17.3 Å². The highest BCUT2D eigenvalue weighted by Gasteiger charge is 2.31. The molecule has 1 aliphatic carbocycles. The molecule has 0 radical (unpaired) electrons. The Hall–Kier alpha value is -0.440. The monoisotopic (exact) mass is 287 g/mol. The van der Waals surface area contributed by atoms with E-state index < -0.39 is 0 Å². The SMILES string of the molecule is OCC1(CNc2cc(Cl)ccc2Cl)CCCCC1. The molecule has 2 rings (SSSR count). The average molecular weight is 288 g/mol. The van der Waals surface area contributed by atoms with Gasteiger partial charge in [-0.1, -0.05) is 42.5 Å². The molecule has 2 nitrogen and oxygen atoms in total. The summed E-state index contributed by atoms with van der Waals surface area (Å²) in [7, 11) is 0. The molecule has 0 bridgehead atoms. The largest absolute Gasteiger partial charge is 0.396 e. The molecule has 2 N–H and O–H groups in total. The molecule has 100 valence electrons. The van der Waals surface area contributed by atoms with E-state index in [9.17, 15) is 5.11 Å². The highest BCUT2D eigenvalue weighted by molar-refractivity contribution is 6.35. The summed E-state index contributed by atoms with van der Waals surface area (Å²) in [6.45, 7) is 0.988. The molecule has 1 fully saturated rings. The molecular weight excluding hydrogens is 269 g/mol. The van der Waals surface area contributed by atoms with Crippen LogP contribution in [-0.4, -0.2) is 18.3 Å². The van der Waals surface area contributed by atoms with Gasteiger partial charge in [0.1, 0.15) is 0 Å². The fourth-order valence-corrected chi connectivity index (χ4v) is 2.96. The predicted molar refractivity (Wildman–Crippen MR) is 77.6 cm³/mol. The fraction of sp³-hybridized carbons (Fsp3) is 0.571. The minimum absolute atomic E-state index is 0.00387. The number of halogens is 2. The van der Waals surface area contributed by atoms with Crippen LogP contribution in [0.25, 0.3) is 0 Å². The number of aliphatic hydroxyl groups is 1. The molecular formula is C14H19Cl2NO. The van der Waals surface area contributed by atoms with Crippen molar-refractivity contribution in [3.05, 3.63) is 28.2 Å². The van der Waals surface area contributed by atoms with E-state index in [1.54, 1.807) is 12.1 Å². The van der Waals surface area contributed by atoms with E-state index in [0.29, 0.717) is 10.0 Å². The van der Waals surface area contributed by atoms with Gasteiger partial charge in [0.25, 0.3) is 0 Å². The minimum atomic E-state index is 0.00387. The third kappa shape index (κ3) is 3.31. The zero-order valence-electron chi connectivity index (χ0n) is 10.4. The molecule has 0 saturated heterocycles. The number of rotatable bonds is 4. The van der Waals surface area contributed by atoms with Gasteiger partial charge in [-0.25, -0.2) is 0 Å². The summed E-state index contributed by atoms with van der Waals surface area (Å²) in [5.41, 5.74) is 0.853. The number of hydrogen-bond donors (Lipinski definition) is 2. The average Bonchev–Trinajstić information content (AvgIpc) is 2.41. The van der Waals surface area contributed by atoms with Gasteiger partial charge in [-0.2, -0.15) is 0 Å². The molecule has 1 saturated carbocycles. The van der Waals surface area contributed by atoms with E-state index in [1.165, 1.54) is 19.3 Å². The zero-order chi connectivity index (χ0) is 13.0. The van der Waals surface area contributed by atoms with Crippen molar-refractivity contribution in [1.29, 1.82) is 0 Å². The van der Waals surface area contributed by atoms with Crippen molar-refractivity contribution in [2.75, 3.05) is 18.5 Å². The van der Waals surface area contributed by atoms with Gasteiger partial charge in [0.2, 0.25) is 0 Å². The first-order chi connectivity index (χ1) is 8.65. The van der Waals surface area contributed by atoms with Crippen molar-refractivity contribution in [3.63, 3.8) is 0 Å². The van der Waals surface area contributed by atoms with Gasteiger partial charge in [-0.3, -0.25) is 0 Å². The number of hydrogen-bond acceptors (Lipinski definition) is 2. The molecule has 0 aliphatic heterocycles. The molecule has 0 atom stereocenters. The van der Waals surface area contributed by atoms with Crippen LogP contribution in [0.2, 0.25) is 10.0 Å². The second-order valence-corrected chi connectivity index (χ2v) is 6.04. The lowest BCUT2D eigenvalue weighted by atomic mass is 9.74. The molecule has 0 spiro atoms. The molecule has 4 heteroatoms. The first-order valence-electron chi connectivity index (χ1n) is 6.45. The molecule has 1 aliphatic rings. The number of benzene rings is 1. The van der Waals surface area contributed by atoms with E-state index >= 15 is 0 Å². The van der Waals surface area contributed by atoms with Crippen molar-refractivity contribution in [2.24, 2.45) is 5.41 Å². The lowest BCUT2D eigenvalue weighted by molar-refractivity contribution is 0.0944. The van der Waals surface area contributed by atoms with E-state index in [0.717, 1.165) is 25.1 Å². The third-order valence-electron chi connectivity index (χ3n) is 3.83. The smallest absolute Gasteiger partial charge is 0.0638 e. The molecule has 18 heavy (non-hydrogen) atoms. The van der Waals surface area contributed by atoms with Crippen molar-refractivity contribution in [1.82, 2.24) is 0 Å². The Morgan fingerprint density at radius 3 is 2.56 bits per heavy atom. The molecule has 1 aromatic carbocycles. The van der Waals surface area contributed by atoms with Crippen LogP contribution in [0.1, 0.15) is 32.1 Å². The van der Waals surface area contributed by atoms with Gasteiger partial charge in [0, 0.05) is 17.0 Å². The third-order valence-corrected chi connectivity index (χ3v) is 4.40. The van der Waals surface area contributed by atoms with Crippen LogP contribution in [0, 0.1) is 5.41 Å². The topological polar surface area (TPSA) is 32.3 Å². The van der Waals surface area contributed by atoms with E-state index in [-0.39, 0.29) is 12.0 Å². The fourth-order valence-electron chi connectivity index (χ4n) is 2.61. The Balaban J connectivity index is 2.03. The van der Waals surface area contributed by atoms with Crippen LogP contribution in [-0.2, 0) is 0 Å². The summed E-state index contributed by atoms with van der Waals surface area (Å²) in [5, 5.41) is 14.3. The van der Waals surface area contributed by atoms with E-state index in [2.05, 4.69) is 5.32 Å².